The van der Waals surface area contributed by atoms with Crippen LogP contribution in [-0.4, -0.2) is 48.7 Å². The van der Waals surface area contributed by atoms with Crippen LogP contribution in [0.1, 0.15) is 23.9 Å². The lowest BCUT2D eigenvalue weighted by Gasteiger charge is -2.30. The van der Waals surface area contributed by atoms with Gasteiger partial charge in [0.2, 0.25) is 27.6 Å². The number of hydrogen-bond donors (Lipinski definition) is 0. The molecule has 8 nitrogen and oxygen atoms in total. The van der Waals surface area contributed by atoms with Crippen LogP contribution in [0.4, 0.5) is 5.69 Å². The number of benzene rings is 2. The highest BCUT2D eigenvalue weighted by Gasteiger charge is 2.31. The molecule has 31 heavy (non-hydrogen) atoms. The average Bonchev–Trinajstić information content (AvgIpc) is 3.15. The predicted octanol–water partition coefficient (Wildman–Crippen LogP) is 3.17. The molecule has 9 heteroatoms. The molecule has 1 unspecified atom stereocenters. The number of hydrogen-bond acceptors (Lipinski definition) is 6. The molecule has 0 fully saturated rings. The minimum absolute atomic E-state index is 0.0630. The van der Waals surface area contributed by atoms with Crippen molar-refractivity contribution in [2.24, 2.45) is 0 Å². The zero-order chi connectivity index (χ0) is 22.8. The molecule has 0 aliphatic rings. The lowest BCUT2D eigenvalue weighted by molar-refractivity contribution is -0.131. The molecular formula is C22H26N4O4S. The summed E-state index contributed by atoms with van der Waals surface area (Å²) in [5.74, 6) is 0.309. The van der Waals surface area contributed by atoms with Gasteiger partial charge in [-0.1, -0.05) is 47.1 Å². The van der Waals surface area contributed by atoms with Crippen molar-refractivity contribution in [2.45, 2.75) is 33.4 Å². The molecule has 0 saturated heterocycles. The van der Waals surface area contributed by atoms with Gasteiger partial charge >= 0.3 is 0 Å². The number of carbonyl (C=O) groups excluding carboxylic acids is 1. The first-order chi connectivity index (χ1) is 14.6. The highest BCUT2D eigenvalue weighted by Crippen LogP contribution is 2.23. The molecular weight excluding hydrogens is 416 g/mol. The summed E-state index contributed by atoms with van der Waals surface area (Å²) in [6.07, 6.45) is 1.09. The largest absolute Gasteiger partial charge is 0.337 e. The number of aryl methyl sites for hydroxylation is 2. The van der Waals surface area contributed by atoms with E-state index in [1.807, 2.05) is 44.2 Å². The van der Waals surface area contributed by atoms with Gasteiger partial charge in [-0.05, 0) is 38.5 Å². The van der Waals surface area contributed by atoms with Crippen LogP contribution in [0.25, 0.3) is 11.4 Å². The molecule has 0 saturated carbocycles. The van der Waals surface area contributed by atoms with Gasteiger partial charge in [0.15, 0.2) is 0 Å². The van der Waals surface area contributed by atoms with Gasteiger partial charge < -0.3 is 9.42 Å². The summed E-state index contributed by atoms with van der Waals surface area (Å²) in [5.41, 5.74) is 3.27. The smallest absolute Gasteiger partial charge is 0.246 e. The maximum atomic E-state index is 13.0. The van der Waals surface area contributed by atoms with Crippen LogP contribution >= 0.6 is 0 Å². The van der Waals surface area contributed by atoms with E-state index in [4.69, 9.17) is 4.52 Å². The van der Waals surface area contributed by atoms with Gasteiger partial charge in [0.1, 0.15) is 6.04 Å². The first-order valence-electron chi connectivity index (χ1n) is 9.77. The summed E-state index contributed by atoms with van der Waals surface area (Å²) in [7, 11) is -2.11. The third-order valence-corrected chi connectivity index (χ3v) is 6.09. The quantitative estimate of drug-likeness (QED) is 0.558. The minimum atomic E-state index is -3.69. The minimum Gasteiger partial charge on any atom is -0.337 e. The molecule has 0 spiro atoms. The Morgan fingerprint density at radius 2 is 1.77 bits per heavy atom. The molecule has 3 rings (SSSR count). The number of carbonyl (C=O) groups is 1. The summed E-state index contributed by atoms with van der Waals surface area (Å²) in [5, 5.41) is 3.97. The fraction of sp³-hybridized carbons (Fsp3) is 0.318. The summed E-state index contributed by atoms with van der Waals surface area (Å²) in [6, 6.07) is 13.8. The highest BCUT2D eigenvalue weighted by atomic mass is 32.2. The molecule has 0 radical (unpaired) electrons. The Morgan fingerprint density at radius 3 is 2.39 bits per heavy atom. The van der Waals surface area contributed by atoms with E-state index in [1.54, 1.807) is 32.2 Å². The van der Waals surface area contributed by atoms with Gasteiger partial charge in [-0.15, -0.1) is 0 Å². The van der Waals surface area contributed by atoms with E-state index >= 15 is 0 Å². The third-order valence-electron chi connectivity index (χ3n) is 4.85. The molecule has 1 heterocycles. The second-order valence-electron chi connectivity index (χ2n) is 7.65. The maximum Gasteiger partial charge on any atom is 0.246 e. The summed E-state index contributed by atoms with van der Waals surface area (Å²) in [4.78, 5) is 18.8. The SMILES string of the molecule is Cc1ccc(-c2noc(CN(C)C(=O)C(C)N(c3cccc(C)c3)S(C)(=O)=O)n2)cc1. The van der Waals surface area contributed by atoms with Gasteiger partial charge in [0, 0.05) is 12.6 Å². The van der Waals surface area contributed by atoms with Crippen molar-refractivity contribution >= 4 is 21.6 Å². The Balaban J connectivity index is 1.77. The first kappa shape index (κ1) is 22.5. The number of rotatable bonds is 7. The highest BCUT2D eigenvalue weighted by molar-refractivity contribution is 7.92. The van der Waals surface area contributed by atoms with Crippen molar-refractivity contribution in [3.8, 4) is 11.4 Å². The molecule has 0 aliphatic carbocycles. The Kier molecular flexibility index (Phi) is 6.45. The Morgan fingerprint density at radius 1 is 1.10 bits per heavy atom. The van der Waals surface area contributed by atoms with E-state index in [0.717, 1.165) is 27.3 Å². The number of anilines is 1. The van der Waals surface area contributed by atoms with Crippen LogP contribution < -0.4 is 4.31 Å². The van der Waals surface area contributed by atoms with Crippen molar-refractivity contribution < 1.29 is 17.7 Å². The molecule has 1 aromatic heterocycles. The monoisotopic (exact) mass is 442 g/mol. The van der Waals surface area contributed by atoms with E-state index < -0.39 is 16.1 Å². The van der Waals surface area contributed by atoms with Crippen molar-refractivity contribution in [3.05, 3.63) is 65.5 Å². The van der Waals surface area contributed by atoms with E-state index in [1.165, 1.54) is 4.90 Å². The second-order valence-corrected chi connectivity index (χ2v) is 9.51. The van der Waals surface area contributed by atoms with Crippen LogP contribution in [0.5, 0.6) is 0 Å². The van der Waals surface area contributed by atoms with Crippen LogP contribution in [0, 0.1) is 13.8 Å². The number of nitrogens with zero attached hydrogens (tertiary/aromatic N) is 4. The van der Waals surface area contributed by atoms with Crippen molar-refractivity contribution in [1.82, 2.24) is 15.0 Å². The van der Waals surface area contributed by atoms with E-state index in [-0.39, 0.29) is 18.3 Å². The predicted molar refractivity (Wildman–Crippen MR) is 119 cm³/mol. The number of aromatic nitrogens is 2. The normalized spacial score (nSPS) is 12.4. The average molecular weight is 443 g/mol. The standard InChI is InChI=1S/C22H26N4O4S/c1-15-9-11-18(12-10-15)21-23-20(30-24-21)14-25(4)22(27)17(3)26(31(5,28)29)19-8-6-7-16(2)13-19/h6-13,17H,14H2,1-5H3. The van der Waals surface area contributed by atoms with E-state index in [0.29, 0.717) is 11.5 Å². The van der Waals surface area contributed by atoms with Crippen molar-refractivity contribution in [1.29, 1.82) is 0 Å². The van der Waals surface area contributed by atoms with E-state index in [2.05, 4.69) is 10.1 Å². The van der Waals surface area contributed by atoms with E-state index in [9.17, 15) is 13.2 Å². The van der Waals surface area contributed by atoms with Crippen molar-refractivity contribution in [3.63, 3.8) is 0 Å². The van der Waals surface area contributed by atoms with Crippen molar-refractivity contribution in [2.75, 3.05) is 17.6 Å². The Bertz CT molecular complexity index is 1170. The molecule has 164 valence electrons. The van der Waals surface area contributed by atoms with Gasteiger partial charge in [-0.25, -0.2) is 8.42 Å². The van der Waals surface area contributed by atoms with Crippen LogP contribution in [0.2, 0.25) is 0 Å². The number of likely N-dealkylation sites (N-methyl/N-ethyl adjacent to an activating group) is 1. The zero-order valence-electron chi connectivity index (χ0n) is 18.2. The van der Waals surface area contributed by atoms with Gasteiger partial charge in [0.25, 0.3) is 0 Å². The fourth-order valence-electron chi connectivity index (χ4n) is 3.31. The zero-order valence-corrected chi connectivity index (χ0v) is 19.0. The molecule has 0 aliphatic heterocycles. The molecule has 1 amide bonds. The van der Waals surface area contributed by atoms with Gasteiger partial charge in [-0.3, -0.25) is 9.10 Å². The Labute approximate surface area is 182 Å². The molecule has 1 atom stereocenters. The van der Waals surface area contributed by atoms with Crippen LogP contribution in [0.3, 0.4) is 0 Å². The fourth-order valence-corrected chi connectivity index (χ4v) is 4.47. The Hall–Kier alpha value is -3.20. The summed E-state index contributed by atoms with van der Waals surface area (Å²) >= 11 is 0. The molecule has 2 aromatic carbocycles. The third kappa shape index (κ3) is 5.29. The van der Waals surface area contributed by atoms with Crippen LogP contribution in [0.15, 0.2) is 53.1 Å². The summed E-state index contributed by atoms with van der Waals surface area (Å²) < 4.78 is 31.4. The topological polar surface area (TPSA) is 96.6 Å². The van der Waals surface area contributed by atoms with Gasteiger partial charge in [0.05, 0.1) is 18.5 Å². The van der Waals surface area contributed by atoms with Crippen LogP contribution in [-0.2, 0) is 21.4 Å². The number of amides is 1. The maximum absolute atomic E-state index is 13.0. The molecule has 0 N–H and O–H groups in total. The number of sulfonamides is 1. The summed E-state index contributed by atoms with van der Waals surface area (Å²) in [6.45, 7) is 5.48. The molecule has 0 bridgehead atoms. The lowest BCUT2D eigenvalue weighted by Crippen LogP contribution is -2.48. The lowest BCUT2D eigenvalue weighted by atomic mass is 10.1. The van der Waals surface area contributed by atoms with Gasteiger partial charge in [-0.2, -0.15) is 4.98 Å². The first-order valence-corrected chi connectivity index (χ1v) is 11.6. The molecule has 3 aromatic rings. The second kappa shape index (κ2) is 8.89.